The molecule has 0 radical (unpaired) electrons. The Balaban J connectivity index is 1.58. The van der Waals surface area contributed by atoms with Gasteiger partial charge in [0.25, 0.3) is 5.91 Å². The van der Waals surface area contributed by atoms with E-state index in [1.807, 2.05) is 6.92 Å². The van der Waals surface area contributed by atoms with E-state index in [9.17, 15) is 26.7 Å². The molecule has 180 valence electrons. The molecule has 2 aromatic heterocycles. The van der Waals surface area contributed by atoms with Crippen molar-refractivity contribution in [3.05, 3.63) is 65.6 Å². The highest BCUT2D eigenvalue weighted by molar-refractivity contribution is 5.98. The Morgan fingerprint density at radius 3 is 2.53 bits per heavy atom. The lowest BCUT2D eigenvalue weighted by Crippen LogP contribution is -2.51. The maximum Gasteiger partial charge on any atom is 0.417 e. The molecule has 1 saturated heterocycles. The number of alkyl halides is 3. The molecule has 0 unspecified atom stereocenters. The number of carbonyl (C=O) groups is 1. The van der Waals surface area contributed by atoms with E-state index in [1.54, 1.807) is 4.90 Å². The van der Waals surface area contributed by atoms with Crippen molar-refractivity contribution in [3.63, 3.8) is 0 Å². The average molecular weight is 480 g/mol. The molecular formula is C22H21F5N6O. The zero-order valence-electron chi connectivity index (χ0n) is 18.1. The second-order valence-corrected chi connectivity index (χ2v) is 8.07. The normalized spacial score (nSPS) is 18.7. The summed E-state index contributed by atoms with van der Waals surface area (Å²) in [5, 5.41) is 10.7. The molecule has 0 spiro atoms. The van der Waals surface area contributed by atoms with Crippen molar-refractivity contribution in [2.75, 3.05) is 18.4 Å². The molecule has 2 atom stereocenters. The first kappa shape index (κ1) is 23.6. The molecule has 1 aliphatic heterocycles. The fraction of sp³-hybridized carbons (Fsp3) is 0.364. The summed E-state index contributed by atoms with van der Waals surface area (Å²) in [5.41, 5.74) is -1.34. The third kappa shape index (κ3) is 4.70. The van der Waals surface area contributed by atoms with Crippen LogP contribution in [-0.4, -0.2) is 49.9 Å². The molecule has 0 aliphatic carbocycles. The first-order chi connectivity index (χ1) is 16.2. The van der Waals surface area contributed by atoms with Crippen LogP contribution in [0.5, 0.6) is 0 Å². The first-order valence-electron chi connectivity index (χ1n) is 10.6. The number of nitrogens with one attached hydrogen (secondary N) is 1. The second kappa shape index (κ2) is 9.35. The van der Waals surface area contributed by atoms with Crippen molar-refractivity contribution >= 4 is 11.7 Å². The molecule has 0 bridgehead atoms. The molecule has 4 rings (SSSR count). The van der Waals surface area contributed by atoms with Gasteiger partial charge in [-0.05, 0) is 43.0 Å². The number of aromatic nitrogens is 4. The third-order valence-corrected chi connectivity index (χ3v) is 5.88. The third-order valence-electron chi connectivity index (χ3n) is 5.88. The van der Waals surface area contributed by atoms with Crippen LogP contribution in [0, 0.1) is 17.6 Å². The SMILES string of the molecule is C[C@@H]1CCCN(C(=O)c2ccc(F)c(F)c2-n2nccn2)[C@@H]1CNc1ccc(C(F)(F)F)cn1. The van der Waals surface area contributed by atoms with Gasteiger partial charge in [0.2, 0.25) is 0 Å². The number of amides is 1. The summed E-state index contributed by atoms with van der Waals surface area (Å²) in [7, 11) is 0. The van der Waals surface area contributed by atoms with E-state index < -0.39 is 29.3 Å². The van der Waals surface area contributed by atoms with Gasteiger partial charge in [0, 0.05) is 19.3 Å². The van der Waals surface area contributed by atoms with Crippen LogP contribution in [0.25, 0.3) is 5.69 Å². The molecule has 34 heavy (non-hydrogen) atoms. The highest BCUT2D eigenvalue weighted by Gasteiger charge is 2.35. The van der Waals surface area contributed by atoms with Crippen LogP contribution in [0.2, 0.25) is 0 Å². The van der Waals surface area contributed by atoms with Crippen molar-refractivity contribution < 1.29 is 26.7 Å². The maximum absolute atomic E-state index is 14.7. The van der Waals surface area contributed by atoms with Crippen molar-refractivity contribution in [2.24, 2.45) is 5.92 Å². The fourth-order valence-electron chi connectivity index (χ4n) is 4.08. The lowest BCUT2D eigenvalue weighted by molar-refractivity contribution is -0.137. The number of rotatable bonds is 5. The standard InChI is InChI=1S/C22H21F5N6O/c1-13-3-2-10-32(17(13)12-29-18-7-4-14(11-28-18)22(25,26)27)21(34)15-5-6-16(23)19(24)20(15)33-30-8-9-31-33/h4-9,11,13,17H,2-3,10,12H2,1H3,(H,28,29)/t13-,17-/m1/s1. The molecule has 3 heterocycles. The van der Waals surface area contributed by atoms with Crippen molar-refractivity contribution in [3.8, 4) is 5.69 Å². The lowest BCUT2D eigenvalue weighted by atomic mass is 9.90. The van der Waals surface area contributed by atoms with Gasteiger partial charge in [0.05, 0.1) is 29.6 Å². The van der Waals surface area contributed by atoms with E-state index >= 15 is 0 Å². The van der Waals surface area contributed by atoms with Gasteiger partial charge in [-0.2, -0.15) is 23.4 Å². The number of nitrogens with zero attached hydrogens (tertiary/aromatic N) is 5. The van der Waals surface area contributed by atoms with Gasteiger partial charge < -0.3 is 10.2 Å². The Hall–Kier alpha value is -3.57. The number of carbonyl (C=O) groups excluding carboxylic acids is 1. The predicted octanol–water partition coefficient (Wildman–Crippen LogP) is 4.31. The summed E-state index contributed by atoms with van der Waals surface area (Å²) >= 11 is 0. The summed E-state index contributed by atoms with van der Waals surface area (Å²) in [5.74, 6) is -2.63. The Morgan fingerprint density at radius 1 is 1.15 bits per heavy atom. The summed E-state index contributed by atoms with van der Waals surface area (Å²) in [4.78, 5) is 19.7. The lowest BCUT2D eigenvalue weighted by Gasteiger charge is -2.40. The second-order valence-electron chi connectivity index (χ2n) is 8.07. The van der Waals surface area contributed by atoms with Crippen LogP contribution in [0.15, 0.2) is 42.9 Å². The molecule has 1 aliphatic rings. The predicted molar refractivity (Wildman–Crippen MR) is 112 cm³/mol. The molecule has 1 N–H and O–H groups in total. The van der Waals surface area contributed by atoms with E-state index in [-0.39, 0.29) is 35.6 Å². The zero-order valence-corrected chi connectivity index (χ0v) is 18.1. The van der Waals surface area contributed by atoms with Crippen LogP contribution < -0.4 is 5.32 Å². The zero-order chi connectivity index (χ0) is 24.5. The van der Waals surface area contributed by atoms with Crippen molar-refractivity contribution in [1.29, 1.82) is 0 Å². The largest absolute Gasteiger partial charge is 0.417 e. The summed E-state index contributed by atoms with van der Waals surface area (Å²) in [6.45, 7) is 2.54. The minimum atomic E-state index is -4.49. The number of pyridine rings is 1. The monoisotopic (exact) mass is 480 g/mol. The van der Waals surface area contributed by atoms with Crippen LogP contribution >= 0.6 is 0 Å². The highest BCUT2D eigenvalue weighted by atomic mass is 19.4. The Kier molecular flexibility index (Phi) is 6.49. The van der Waals surface area contributed by atoms with Gasteiger partial charge in [-0.25, -0.2) is 13.8 Å². The van der Waals surface area contributed by atoms with Gasteiger partial charge in [0.1, 0.15) is 11.5 Å². The number of likely N-dealkylation sites (tertiary alicyclic amines) is 1. The van der Waals surface area contributed by atoms with E-state index in [1.165, 1.54) is 24.5 Å². The van der Waals surface area contributed by atoms with Gasteiger partial charge in [-0.1, -0.05) is 6.92 Å². The quantitative estimate of drug-likeness (QED) is 0.551. The smallest absolute Gasteiger partial charge is 0.368 e. The van der Waals surface area contributed by atoms with Gasteiger partial charge in [0.15, 0.2) is 11.6 Å². The minimum absolute atomic E-state index is 0.0382. The number of hydrogen-bond acceptors (Lipinski definition) is 5. The Bertz CT molecular complexity index is 1150. The van der Waals surface area contributed by atoms with E-state index in [0.29, 0.717) is 13.0 Å². The van der Waals surface area contributed by atoms with Crippen molar-refractivity contribution in [1.82, 2.24) is 24.9 Å². The van der Waals surface area contributed by atoms with Crippen LogP contribution in [0.4, 0.5) is 27.8 Å². The average Bonchev–Trinajstić information content (AvgIpc) is 3.33. The molecule has 0 saturated carbocycles. The fourth-order valence-corrected chi connectivity index (χ4v) is 4.08. The molecule has 1 aromatic carbocycles. The Labute approximate surface area is 191 Å². The van der Waals surface area contributed by atoms with E-state index in [4.69, 9.17) is 0 Å². The number of anilines is 1. The van der Waals surface area contributed by atoms with Crippen LogP contribution in [-0.2, 0) is 6.18 Å². The number of hydrogen-bond donors (Lipinski definition) is 1. The summed E-state index contributed by atoms with van der Waals surface area (Å²) in [6, 6.07) is 3.85. The first-order valence-corrected chi connectivity index (χ1v) is 10.6. The number of halogens is 5. The molecular weight excluding hydrogens is 459 g/mol. The highest BCUT2D eigenvalue weighted by Crippen LogP contribution is 2.30. The molecule has 1 amide bonds. The number of benzene rings is 1. The number of piperidine rings is 1. The van der Waals surface area contributed by atoms with E-state index in [0.717, 1.165) is 29.5 Å². The van der Waals surface area contributed by atoms with Crippen molar-refractivity contribution in [2.45, 2.75) is 32.0 Å². The van der Waals surface area contributed by atoms with Gasteiger partial charge >= 0.3 is 6.18 Å². The topological polar surface area (TPSA) is 75.9 Å². The maximum atomic E-state index is 14.7. The van der Waals surface area contributed by atoms with E-state index in [2.05, 4.69) is 20.5 Å². The molecule has 1 fully saturated rings. The minimum Gasteiger partial charge on any atom is -0.368 e. The molecule has 12 heteroatoms. The van der Waals surface area contributed by atoms with Gasteiger partial charge in [-0.15, -0.1) is 4.80 Å². The van der Waals surface area contributed by atoms with Crippen LogP contribution in [0.1, 0.15) is 35.7 Å². The Morgan fingerprint density at radius 2 is 1.88 bits per heavy atom. The van der Waals surface area contributed by atoms with Gasteiger partial charge in [-0.3, -0.25) is 4.79 Å². The molecule has 7 nitrogen and oxygen atoms in total. The molecule has 3 aromatic rings. The summed E-state index contributed by atoms with van der Waals surface area (Å²) < 4.78 is 66.9. The van der Waals surface area contributed by atoms with Crippen LogP contribution in [0.3, 0.4) is 0 Å². The summed E-state index contributed by atoms with van der Waals surface area (Å²) in [6.07, 6.45) is 0.345.